The van der Waals surface area contributed by atoms with Gasteiger partial charge in [0.1, 0.15) is 0 Å². The van der Waals surface area contributed by atoms with Gasteiger partial charge in [-0.2, -0.15) is 5.26 Å². The second-order valence-electron chi connectivity index (χ2n) is 3.22. The van der Waals surface area contributed by atoms with E-state index in [1.54, 1.807) is 6.07 Å². The summed E-state index contributed by atoms with van der Waals surface area (Å²) in [5, 5.41) is 20.8. The van der Waals surface area contributed by atoms with Crippen LogP contribution in [-0.2, 0) is 0 Å². The van der Waals surface area contributed by atoms with Crippen molar-refractivity contribution in [3.63, 3.8) is 0 Å². The number of aromatic carboxylic acids is 1. The average Bonchev–Trinajstić information content (AvgIpc) is 2.27. The quantitative estimate of drug-likeness (QED) is 0.668. The zero-order valence-electron chi connectivity index (χ0n) is 7.90. The first-order valence-corrected chi connectivity index (χ1v) is 4.51. The largest absolute Gasteiger partial charge is 0.478 e. The van der Waals surface area contributed by atoms with Crippen molar-refractivity contribution in [2.24, 2.45) is 0 Å². The maximum atomic E-state index is 10.8. The number of hydrogen-bond donors (Lipinski definition) is 2. The normalized spacial score (nSPS) is 13.7. The molecular formula is C10H9N3O2. The number of benzene rings is 1. The Hall–Kier alpha value is -2.22. The molecule has 0 saturated carbocycles. The number of nitriles is 1. The minimum absolute atomic E-state index is 0.192. The predicted octanol–water partition coefficient (Wildman–Crippen LogP) is 1.10. The van der Waals surface area contributed by atoms with Gasteiger partial charge in [-0.25, -0.2) is 4.79 Å². The maximum absolute atomic E-state index is 10.8. The molecule has 15 heavy (non-hydrogen) atoms. The van der Waals surface area contributed by atoms with Crippen LogP contribution in [0.25, 0.3) is 0 Å². The molecule has 1 aliphatic heterocycles. The van der Waals surface area contributed by atoms with Gasteiger partial charge in [-0.05, 0) is 18.2 Å². The summed E-state index contributed by atoms with van der Waals surface area (Å²) < 4.78 is 0. The van der Waals surface area contributed by atoms with E-state index in [4.69, 9.17) is 10.4 Å². The first-order valence-electron chi connectivity index (χ1n) is 4.51. The fourth-order valence-electron chi connectivity index (χ4n) is 1.56. The van der Waals surface area contributed by atoms with Crippen LogP contribution in [0.4, 0.5) is 11.4 Å². The number of carboxylic acids is 1. The van der Waals surface area contributed by atoms with E-state index in [0.717, 1.165) is 5.69 Å². The zero-order valence-corrected chi connectivity index (χ0v) is 7.90. The number of anilines is 2. The highest BCUT2D eigenvalue weighted by Gasteiger charge is 2.17. The molecule has 0 unspecified atom stereocenters. The van der Waals surface area contributed by atoms with Crippen LogP contribution in [0.3, 0.4) is 0 Å². The van der Waals surface area contributed by atoms with E-state index in [2.05, 4.69) is 5.32 Å². The van der Waals surface area contributed by atoms with Crippen molar-refractivity contribution in [3.05, 3.63) is 23.8 Å². The van der Waals surface area contributed by atoms with Crippen LogP contribution in [0.5, 0.6) is 0 Å². The summed E-state index contributed by atoms with van der Waals surface area (Å²) in [6.45, 7) is 1.25. The molecule has 1 aromatic carbocycles. The third-order valence-electron chi connectivity index (χ3n) is 2.31. The molecule has 0 fully saturated rings. The zero-order chi connectivity index (χ0) is 10.8. The maximum Gasteiger partial charge on any atom is 0.335 e. The number of nitrogens with zero attached hydrogens (tertiary/aromatic N) is 2. The Morgan fingerprint density at radius 2 is 2.40 bits per heavy atom. The lowest BCUT2D eigenvalue weighted by atomic mass is 10.1. The molecule has 0 radical (unpaired) electrons. The van der Waals surface area contributed by atoms with Gasteiger partial charge in [0.25, 0.3) is 0 Å². The number of carboxylic acid groups (broad SMARTS) is 1. The Morgan fingerprint density at radius 3 is 3.07 bits per heavy atom. The summed E-state index contributed by atoms with van der Waals surface area (Å²) >= 11 is 0. The van der Waals surface area contributed by atoms with Crippen molar-refractivity contribution in [1.29, 1.82) is 5.26 Å². The monoisotopic (exact) mass is 203 g/mol. The molecule has 0 spiro atoms. The summed E-state index contributed by atoms with van der Waals surface area (Å²) in [4.78, 5) is 12.2. The van der Waals surface area contributed by atoms with Gasteiger partial charge >= 0.3 is 5.97 Å². The van der Waals surface area contributed by atoms with Gasteiger partial charge in [0, 0.05) is 6.54 Å². The smallest absolute Gasteiger partial charge is 0.335 e. The van der Waals surface area contributed by atoms with Crippen molar-refractivity contribution in [2.45, 2.75) is 0 Å². The van der Waals surface area contributed by atoms with Crippen LogP contribution in [0.2, 0.25) is 0 Å². The third-order valence-corrected chi connectivity index (χ3v) is 2.31. The lowest BCUT2D eigenvalue weighted by Crippen LogP contribution is -2.30. The fraction of sp³-hybridized carbons (Fsp3) is 0.200. The number of rotatable bonds is 1. The second kappa shape index (κ2) is 3.50. The molecular weight excluding hydrogens is 194 g/mol. The van der Waals surface area contributed by atoms with Crippen LogP contribution in [0.15, 0.2) is 18.2 Å². The summed E-state index contributed by atoms with van der Waals surface area (Å²) in [5.41, 5.74) is 1.62. The second-order valence-corrected chi connectivity index (χ2v) is 3.22. The number of carbonyl (C=O) groups is 1. The third kappa shape index (κ3) is 1.57. The highest BCUT2D eigenvalue weighted by Crippen LogP contribution is 2.29. The van der Waals surface area contributed by atoms with Crippen molar-refractivity contribution in [3.8, 4) is 6.19 Å². The van der Waals surface area contributed by atoms with Crippen LogP contribution in [0.1, 0.15) is 10.4 Å². The van der Waals surface area contributed by atoms with E-state index < -0.39 is 5.97 Å². The highest BCUT2D eigenvalue weighted by atomic mass is 16.4. The van der Waals surface area contributed by atoms with Gasteiger partial charge < -0.3 is 10.4 Å². The van der Waals surface area contributed by atoms with Crippen molar-refractivity contribution < 1.29 is 9.90 Å². The Kier molecular flexibility index (Phi) is 2.18. The number of hydrogen-bond acceptors (Lipinski definition) is 4. The minimum Gasteiger partial charge on any atom is -0.478 e. The molecule has 76 valence electrons. The summed E-state index contributed by atoms with van der Waals surface area (Å²) in [5.74, 6) is -0.985. The van der Waals surface area contributed by atoms with Gasteiger partial charge in [0.2, 0.25) is 0 Å². The first kappa shape index (κ1) is 9.34. The van der Waals surface area contributed by atoms with Crippen molar-refractivity contribution >= 4 is 17.3 Å². The van der Waals surface area contributed by atoms with Gasteiger partial charge in [0.15, 0.2) is 6.19 Å². The molecule has 0 aromatic heterocycles. The van der Waals surface area contributed by atoms with Gasteiger partial charge in [-0.1, -0.05) is 0 Å². The SMILES string of the molecule is N#CN1CCNc2ccc(C(=O)O)cc21. The standard InChI is InChI=1S/C10H9N3O2/c11-6-13-4-3-12-8-2-1-7(10(14)15)5-9(8)13/h1-2,5,12H,3-4H2,(H,14,15). The van der Waals surface area contributed by atoms with E-state index in [1.165, 1.54) is 17.0 Å². The molecule has 0 saturated heterocycles. The van der Waals surface area contributed by atoms with Crippen LogP contribution in [0, 0.1) is 11.5 Å². The lowest BCUT2D eigenvalue weighted by molar-refractivity contribution is 0.0697. The average molecular weight is 203 g/mol. The van der Waals surface area contributed by atoms with Crippen molar-refractivity contribution in [2.75, 3.05) is 23.3 Å². The lowest BCUT2D eigenvalue weighted by Gasteiger charge is -2.25. The Bertz CT molecular complexity index is 450. The Morgan fingerprint density at radius 1 is 1.60 bits per heavy atom. The van der Waals surface area contributed by atoms with Crippen molar-refractivity contribution in [1.82, 2.24) is 0 Å². The molecule has 5 heteroatoms. The molecule has 1 aliphatic rings. The van der Waals surface area contributed by atoms with Gasteiger partial charge in [-0.15, -0.1) is 0 Å². The molecule has 0 bridgehead atoms. The summed E-state index contributed by atoms with van der Waals surface area (Å²) in [6.07, 6.45) is 2.03. The molecule has 1 aromatic rings. The molecule has 2 N–H and O–H groups in total. The molecule has 5 nitrogen and oxygen atoms in total. The topological polar surface area (TPSA) is 76.4 Å². The molecule has 2 rings (SSSR count). The van der Waals surface area contributed by atoms with Crippen LogP contribution >= 0.6 is 0 Å². The van der Waals surface area contributed by atoms with Gasteiger partial charge in [0.05, 0.1) is 23.5 Å². The van der Waals surface area contributed by atoms with E-state index >= 15 is 0 Å². The van der Waals surface area contributed by atoms with E-state index in [1.807, 2.05) is 6.19 Å². The Labute approximate surface area is 86.5 Å². The van der Waals surface area contributed by atoms with E-state index in [-0.39, 0.29) is 5.56 Å². The molecule has 0 atom stereocenters. The minimum atomic E-state index is -0.985. The van der Waals surface area contributed by atoms with Crippen LogP contribution in [-0.4, -0.2) is 24.2 Å². The Balaban J connectivity index is 2.49. The van der Waals surface area contributed by atoms with Gasteiger partial charge in [-0.3, -0.25) is 4.90 Å². The summed E-state index contributed by atoms with van der Waals surface area (Å²) in [7, 11) is 0. The highest BCUT2D eigenvalue weighted by molar-refractivity contribution is 5.91. The van der Waals surface area contributed by atoms with E-state index in [0.29, 0.717) is 18.8 Å². The molecule has 0 aliphatic carbocycles. The molecule has 0 amide bonds. The predicted molar refractivity (Wildman–Crippen MR) is 54.9 cm³/mol. The fourth-order valence-corrected chi connectivity index (χ4v) is 1.56. The van der Waals surface area contributed by atoms with Crippen LogP contribution < -0.4 is 10.2 Å². The summed E-state index contributed by atoms with van der Waals surface area (Å²) in [6, 6.07) is 4.71. The van der Waals surface area contributed by atoms with E-state index in [9.17, 15) is 4.79 Å². The number of nitrogens with one attached hydrogen (secondary N) is 1. The molecule has 1 heterocycles. The first-order chi connectivity index (χ1) is 7.22. The number of fused-ring (bicyclic) bond motifs is 1.